The van der Waals surface area contributed by atoms with E-state index in [1.807, 2.05) is 0 Å². The SMILES string of the molecule is CCOC(=O)Cc1c(Cl)n(Cc2cccc(OC(F)(F)F)c2)c2cc(Cl)ccc12. The lowest BCUT2D eigenvalue weighted by Crippen LogP contribution is -2.17. The van der Waals surface area contributed by atoms with Crippen LogP contribution in [0.5, 0.6) is 5.75 Å². The number of hydrogen-bond donors (Lipinski definition) is 0. The van der Waals surface area contributed by atoms with Crippen molar-refractivity contribution in [3.63, 3.8) is 0 Å². The maximum Gasteiger partial charge on any atom is 0.573 e. The van der Waals surface area contributed by atoms with Gasteiger partial charge < -0.3 is 14.0 Å². The molecule has 0 atom stereocenters. The van der Waals surface area contributed by atoms with Crippen LogP contribution >= 0.6 is 23.2 Å². The average Bonchev–Trinajstić information content (AvgIpc) is 2.86. The average molecular weight is 446 g/mol. The molecule has 9 heteroatoms. The minimum absolute atomic E-state index is 0.0327. The number of hydrogen-bond acceptors (Lipinski definition) is 3. The Morgan fingerprint density at radius 3 is 2.59 bits per heavy atom. The molecule has 0 saturated heterocycles. The van der Waals surface area contributed by atoms with Crippen molar-refractivity contribution in [2.24, 2.45) is 0 Å². The number of aromatic nitrogens is 1. The van der Waals surface area contributed by atoms with Crippen LogP contribution in [0.1, 0.15) is 18.1 Å². The largest absolute Gasteiger partial charge is 0.573 e. The van der Waals surface area contributed by atoms with Crippen LogP contribution in [-0.2, 0) is 22.5 Å². The lowest BCUT2D eigenvalue weighted by atomic mass is 10.1. The number of ether oxygens (including phenoxy) is 2. The maximum atomic E-state index is 12.5. The highest BCUT2D eigenvalue weighted by Gasteiger charge is 2.31. The van der Waals surface area contributed by atoms with Gasteiger partial charge in [0.05, 0.1) is 18.5 Å². The summed E-state index contributed by atoms with van der Waals surface area (Å²) in [6.07, 6.45) is -4.81. The molecule has 1 aromatic heterocycles. The van der Waals surface area contributed by atoms with Gasteiger partial charge in [-0.1, -0.05) is 41.4 Å². The minimum Gasteiger partial charge on any atom is -0.466 e. The topological polar surface area (TPSA) is 40.5 Å². The molecule has 0 spiro atoms. The van der Waals surface area contributed by atoms with Gasteiger partial charge in [0.15, 0.2) is 0 Å². The Labute approximate surface area is 174 Å². The third-order valence-electron chi connectivity index (χ3n) is 4.16. The lowest BCUT2D eigenvalue weighted by Gasteiger charge is -2.12. The fraction of sp³-hybridized carbons (Fsp3) is 0.250. The predicted octanol–water partition coefficient (Wildman–Crippen LogP) is 6.00. The first kappa shape index (κ1) is 21.3. The van der Waals surface area contributed by atoms with Crippen LogP contribution in [0.2, 0.25) is 10.2 Å². The third kappa shape index (κ3) is 5.16. The van der Waals surface area contributed by atoms with Gasteiger partial charge >= 0.3 is 12.3 Å². The molecule has 29 heavy (non-hydrogen) atoms. The molecule has 0 aliphatic rings. The fourth-order valence-electron chi connectivity index (χ4n) is 3.07. The van der Waals surface area contributed by atoms with Gasteiger partial charge in [-0.2, -0.15) is 0 Å². The van der Waals surface area contributed by atoms with Crippen LogP contribution < -0.4 is 4.74 Å². The summed E-state index contributed by atoms with van der Waals surface area (Å²) in [5, 5.41) is 1.47. The van der Waals surface area contributed by atoms with E-state index >= 15 is 0 Å². The smallest absolute Gasteiger partial charge is 0.466 e. The second-order valence-corrected chi connectivity index (χ2v) is 6.99. The summed E-state index contributed by atoms with van der Waals surface area (Å²) in [7, 11) is 0. The van der Waals surface area contributed by atoms with Crippen LogP contribution in [0.15, 0.2) is 42.5 Å². The summed E-state index contributed by atoms with van der Waals surface area (Å²) >= 11 is 12.7. The molecule has 4 nitrogen and oxygen atoms in total. The second kappa shape index (κ2) is 8.55. The molecular formula is C20H16Cl2F3NO3. The first-order chi connectivity index (χ1) is 13.7. The highest BCUT2D eigenvalue weighted by atomic mass is 35.5. The number of rotatable bonds is 6. The number of nitrogens with zero attached hydrogens (tertiary/aromatic N) is 1. The summed E-state index contributed by atoms with van der Waals surface area (Å²) in [4.78, 5) is 12.0. The van der Waals surface area contributed by atoms with Gasteiger partial charge in [-0.25, -0.2) is 0 Å². The second-order valence-electron chi connectivity index (χ2n) is 6.19. The normalized spacial score (nSPS) is 11.7. The number of benzene rings is 2. The molecule has 0 N–H and O–H groups in total. The van der Waals surface area contributed by atoms with Crippen molar-refractivity contribution in [2.45, 2.75) is 26.3 Å². The van der Waals surface area contributed by atoms with E-state index in [1.165, 1.54) is 18.2 Å². The first-order valence-electron chi connectivity index (χ1n) is 8.64. The molecule has 0 saturated carbocycles. The van der Waals surface area contributed by atoms with Crippen molar-refractivity contribution in [3.8, 4) is 5.75 Å². The maximum absolute atomic E-state index is 12.5. The standard InChI is InChI=1S/C20H16Cl2F3NO3/c1-2-28-18(27)10-16-15-7-6-13(21)9-17(15)26(19(16)22)11-12-4-3-5-14(8-12)29-20(23,24)25/h3-9H,2,10-11H2,1H3. The van der Waals surface area contributed by atoms with E-state index in [2.05, 4.69) is 4.74 Å². The third-order valence-corrected chi connectivity index (χ3v) is 4.83. The van der Waals surface area contributed by atoms with Gasteiger partial charge in [-0.05, 0) is 36.8 Å². The van der Waals surface area contributed by atoms with E-state index in [-0.39, 0.29) is 30.5 Å². The zero-order valence-corrected chi connectivity index (χ0v) is 16.7. The number of carbonyl (C=O) groups excluding carboxylic acids is 1. The van der Waals surface area contributed by atoms with E-state index < -0.39 is 12.3 Å². The van der Waals surface area contributed by atoms with Crippen LogP contribution in [0.4, 0.5) is 13.2 Å². The van der Waals surface area contributed by atoms with Crippen molar-refractivity contribution in [1.29, 1.82) is 0 Å². The number of carbonyl (C=O) groups is 1. The minimum atomic E-state index is -4.78. The Morgan fingerprint density at radius 1 is 1.14 bits per heavy atom. The van der Waals surface area contributed by atoms with E-state index in [0.717, 1.165) is 5.39 Å². The van der Waals surface area contributed by atoms with Gasteiger partial charge in [0, 0.05) is 22.5 Å². The molecule has 3 rings (SSSR count). The van der Waals surface area contributed by atoms with Crippen molar-refractivity contribution in [1.82, 2.24) is 4.57 Å². The molecule has 0 fully saturated rings. The summed E-state index contributed by atoms with van der Waals surface area (Å²) < 4.78 is 48.2. The number of halogens is 5. The zero-order chi connectivity index (χ0) is 21.2. The van der Waals surface area contributed by atoms with E-state index in [9.17, 15) is 18.0 Å². The highest BCUT2D eigenvalue weighted by Crippen LogP contribution is 2.34. The lowest BCUT2D eigenvalue weighted by molar-refractivity contribution is -0.274. The van der Waals surface area contributed by atoms with Crippen molar-refractivity contribution in [2.75, 3.05) is 6.61 Å². The van der Waals surface area contributed by atoms with Crippen molar-refractivity contribution < 1.29 is 27.4 Å². The van der Waals surface area contributed by atoms with E-state index in [1.54, 1.807) is 35.8 Å². The molecular weight excluding hydrogens is 430 g/mol. The molecule has 2 aromatic carbocycles. The molecule has 0 unspecified atom stereocenters. The summed E-state index contributed by atoms with van der Waals surface area (Å²) in [5.74, 6) is -0.753. The summed E-state index contributed by atoms with van der Waals surface area (Å²) in [6, 6.07) is 10.7. The molecule has 0 bridgehead atoms. The first-order valence-corrected chi connectivity index (χ1v) is 9.40. The Bertz CT molecular complexity index is 1050. The molecule has 0 amide bonds. The highest BCUT2D eigenvalue weighted by molar-refractivity contribution is 6.33. The van der Waals surface area contributed by atoms with E-state index in [4.69, 9.17) is 27.9 Å². The zero-order valence-electron chi connectivity index (χ0n) is 15.2. The molecule has 3 aromatic rings. The van der Waals surface area contributed by atoms with Gasteiger partial charge in [-0.3, -0.25) is 4.79 Å². The Hall–Kier alpha value is -2.38. The Kier molecular flexibility index (Phi) is 6.29. The Balaban J connectivity index is 2.01. The molecule has 0 aliphatic carbocycles. The van der Waals surface area contributed by atoms with Crippen LogP contribution in [0.3, 0.4) is 0 Å². The number of alkyl halides is 3. The monoisotopic (exact) mass is 445 g/mol. The molecule has 1 heterocycles. The molecule has 0 aliphatic heterocycles. The molecule has 0 radical (unpaired) electrons. The van der Waals surface area contributed by atoms with Crippen LogP contribution in [0, 0.1) is 0 Å². The van der Waals surface area contributed by atoms with Crippen molar-refractivity contribution >= 4 is 40.1 Å². The predicted molar refractivity (Wildman–Crippen MR) is 105 cm³/mol. The van der Waals surface area contributed by atoms with E-state index in [0.29, 0.717) is 21.7 Å². The van der Waals surface area contributed by atoms with Gasteiger partial charge in [0.1, 0.15) is 10.9 Å². The fourth-order valence-corrected chi connectivity index (χ4v) is 3.55. The van der Waals surface area contributed by atoms with Crippen LogP contribution in [0.25, 0.3) is 10.9 Å². The summed E-state index contributed by atoms with van der Waals surface area (Å²) in [5.41, 5.74) is 1.76. The Morgan fingerprint density at radius 2 is 1.90 bits per heavy atom. The van der Waals surface area contributed by atoms with Crippen molar-refractivity contribution in [3.05, 3.63) is 63.8 Å². The van der Waals surface area contributed by atoms with Gasteiger partial charge in [0.25, 0.3) is 0 Å². The van der Waals surface area contributed by atoms with Gasteiger partial charge in [-0.15, -0.1) is 13.2 Å². The quantitative estimate of drug-likeness (QED) is 0.436. The number of fused-ring (bicyclic) bond motifs is 1. The summed E-state index contributed by atoms with van der Waals surface area (Å²) in [6.45, 7) is 2.11. The number of esters is 1. The van der Waals surface area contributed by atoms with Crippen LogP contribution in [-0.4, -0.2) is 23.5 Å². The molecule has 154 valence electrons. The van der Waals surface area contributed by atoms with Gasteiger partial charge in [0.2, 0.25) is 0 Å².